The number of fused-ring (bicyclic) bond motifs is 1. The van der Waals surface area contributed by atoms with Gasteiger partial charge in [-0.25, -0.2) is 4.98 Å². The summed E-state index contributed by atoms with van der Waals surface area (Å²) in [5.41, 5.74) is 3.46. The van der Waals surface area contributed by atoms with Gasteiger partial charge < -0.3 is 9.40 Å². The SMILES string of the molecule is O=[N+]([O-])c1ccc(C=Nc2cccc(-c3nc4ccccc4[nH]3)c2)o1. The number of hydrogen-bond acceptors (Lipinski definition) is 5. The fourth-order valence-corrected chi connectivity index (χ4v) is 2.47. The molecule has 2 heterocycles. The predicted molar refractivity (Wildman–Crippen MR) is 94.1 cm³/mol. The molecule has 0 unspecified atom stereocenters. The summed E-state index contributed by atoms with van der Waals surface area (Å²) in [6, 6.07) is 18.1. The molecule has 0 saturated carbocycles. The van der Waals surface area contributed by atoms with Gasteiger partial charge in [-0.15, -0.1) is 0 Å². The zero-order valence-corrected chi connectivity index (χ0v) is 12.9. The van der Waals surface area contributed by atoms with Crippen molar-refractivity contribution in [3.63, 3.8) is 0 Å². The molecule has 7 heteroatoms. The summed E-state index contributed by atoms with van der Waals surface area (Å²) >= 11 is 0. The maximum Gasteiger partial charge on any atom is 0.433 e. The molecule has 0 atom stereocenters. The molecule has 0 aliphatic carbocycles. The number of benzene rings is 2. The molecule has 0 fully saturated rings. The lowest BCUT2D eigenvalue weighted by Gasteiger charge is -1.98. The number of H-pyrrole nitrogens is 1. The monoisotopic (exact) mass is 332 g/mol. The third kappa shape index (κ3) is 3.02. The minimum absolute atomic E-state index is 0.308. The molecule has 25 heavy (non-hydrogen) atoms. The lowest BCUT2D eigenvalue weighted by molar-refractivity contribution is -0.402. The highest BCUT2D eigenvalue weighted by atomic mass is 16.6. The highest BCUT2D eigenvalue weighted by Gasteiger charge is 2.10. The van der Waals surface area contributed by atoms with Crippen molar-refractivity contribution < 1.29 is 9.34 Å². The van der Waals surface area contributed by atoms with Gasteiger partial charge in [0.25, 0.3) is 0 Å². The molecule has 0 amide bonds. The first-order valence-corrected chi connectivity index (χ1v) is 7.52. The van der Waals surface area contributed by atoms with E-state index in [1.165, 1.54) is 18.3 Å². The number of hydrogen-bond donors (Lipinski definition) is 1. The van der Waals surface area contributed by atoms with E-state index in [9.17, 15) is 10.1 Å². The van der Waals surface area contributed by atoms with Crippen LogP contribution in [0, 0.1) is 10.1 Å². The van der Waals surface area contributed by atoms with Gasteiger partial charge in [0.2, 0.25) is 0 Å². The minimum Gasteiger partial charge on any atom is -0.400 e. The molecule has 0 aliphatic rings. The topological polar surface area (TPSA) is 97.3 Å². The average molecular weight is 332 g/mol. The van der Waals surface area contributed by atoms with E-state index >= 15 is 0 Å². The first-order chi connectivity index (χ1) is 12.2. The van der Waals surface area contributed by atoms with Crippen molar-refractivity contribution in [2.75, 3.05) is 0 Å². The largest absolute Gasteiger partial charge is 0.433 e. The average Bonchev–Trinajstić information content (AvgIpc) is 3.27. The Kier molecular flexibility index (Phi) is 3.59. The molecule has 0 spiro atoms. The van der Waals surface area contributed by atoms with Crippen LogP contribution >= 0.6 is 0 Å². The lowest BCUT2D eigenvalue weighted by Crippen LogP contribution is -1.83. The Labute approximate surface area is 141 Å². The first kappa shape index (κ1) is 14.8. The smallest absolute Gasteiger partial charge is 0.400 e. The van der Waals surface area contributed by atoms with Gasteiger partial charge in [0, 0.05) is 5.56 Å². The number of nitrogens with one attached hydrogen (secondary N) is 1. The van der Waals surface area contributed by atoms with Crippen LogP contribution in [-0.4, -0.2) is 21.1 Å². The number of imidazole rings is 1. The second-order valence-corrected chi connectivity index (χ2v) is 5.34. The van der Waals surface area contributed by atoms with E-state index in [0.29, 0.717) is 11.4 Å². The van der Waals surface area contributed by atoms with Gasteiger partial charge in [-0.2, -0.15) is 0 Å². The number of furan rings is 1. The lowest BCUT2D eigenvalue weighted by atomic mass is 10.2. The van der Waals surface area contributed by atoms with E-state index in [4.69, 9.17) is 4.42 Å². The normalized spacial score (nSPS) is 11.4. The Morgan fingerprint density at radius 2 is 2.00 bits per heavy atom. The van der Waals surface area contributed by atoms with E-state index < -0.39 is 4.92 Å². The Bertz CT molecular complexity index is 1060. The quantitative estimate of drug-likeness (QED) is 0.338. The van der Waals surface area contributed by atoms with Crippen molar-refractivity contribution in [1.29, 1.82) is 0 Å². The zero-order valence-electron chi connectivity index (χ0n) is 12.9. The highest BCUT2D eigenvalue weighted by molar-refractivity contribution is 5.81. The van der Waals surface area contributed by atoms with E-state index in [2.05, 4.69) is 15.0 Å². The van der Waals surface area contributed by atoms with Crippen LogP contribution in [0.25, 0.3) is 22.4 Å². The minimum atomic E-state index is -0.584. The molecule has 0 aliphatic heterocycles. The van der Waals surface area contributed by atoms with Crippen LogP contribution in [0.3, 0.4) is 0 Å². The van der Waals surface area contributed by atoms with Crippen molar-refractivity contribution in [2.24, 2.45) is 4.99 Å². The molecular formula is C18H12N4O3. The molecule has 2 aromatic carbocycles. The summed E-state index contributed by atoms with van der Waals surface area (Å²) in [7, 11) is 0. The van der Waals surface area contributed by atoms with E-state index in [1.807, 2.05) is 48.5 Å². The van der Waals surface area contributed by atoms with Crippen LogP contribution in [-0.2, 0) is 0 Å². The standard InChI is InChI=1S/C18H12N4O3/c23-22(24)17-9-8-14(25-17)11-19-13-5-3-4-12(10-13)18-20-15-6-1-2-7-16(15)21-18/h1-11H,(H,20,21). The van der Waals surface area contributed by atoms with Crippen LogP contribution in [0.4, 0.5) is 11.6 Å². The third-order valence-corrected chi connectivity index (χ3v) is 3.64. The number of para-hydroxylation sites is 2. The zero-order chi connectivity index (χ0) is 17.2. The van der Waals surface area contributed by atoms with Crippen molar-refractivity contribution in [3.05, 3.63) is 76.5 Å². The first-order valence-electron chi connectivity index (χ1n) is 7.52. The van der Waals surface area contributed by atoms with E-state index in [1.54, 1.807) is 0 Å². The molecule has 4 rings (SSSR count). The van der Waals surface area contributed by atoms with Gasteiger partial charge in [0.15, 0.2) is 5.76 Å². The summed E-state index contributed by atoms with van der Waals surface area (Å²) in [6.07, 6.45) is 1.45. The van der Waals surface area contributed by atoms with Crippen LogP contribution in [0.2, 0.25) is 0 Å². The second-order valence-electron chi connectivity index (χ2n) is 5.34. The van der Waals surface area contributed by atoms with Gasteiger partial charge in [-0.1, -0.05) is 24.3 Å². The molecular weight excluding hydrogens is 320 g/mol. The number of nitrogens with zero attached hydrogens (tertiary/aromatic N) is 3. The molecule has 0 bridgehead atoms. The fourth-order valence-electron chi connectivity index (χ4n) is 2.47. The fraction of sp³-hybridized carbons (Fsp3) is 0. The summed E-state index contributed by atoms with van der Waals surface area (Å²) in [5.74, 6) is 0.769. The Balaban J connectivity index is 1.62. The summed E-state index contributed by atoms with van der Waals surface area (Å²) in [5, 5.41) is 10.6. The number of aromatic nitrogens is 2. The second kappa shape index (κ2) is 6.04. The molecule has 122 valence electrons. The van der Waals surface area contributed by atoms with Gasteiger partial charge in [0.1, 0.15) is 10.7 Å². The Morgan fingerprint density at radius 3 is 2.80 bits per heavy atom. The molecule has 1 N–H and O–H groups in total. The molecule has 0 saturated heterocycles. The molecule has 0 radical (unpaired) electrons. The van der Waals surface area contributed by atoms with Crippen molar-refractivity contribution >= 4 is 28.8 Å². The number of aliphatic imine (C=N–C) groups is 1. The van der Waals surface area contributed by atoms with Crippen molar-refractivity contribution in [1.82, 2.24) is 9.97 Å². The Morgan fingerprint density at radius 1 is 1.12 bits per heavy atom. The molecule has 7 nitrogen and oxygen atoms in total. The van der Waals surface area contributed by atoms with Gasteiger partial charge in [-0.3, -0.25) is 15.1 Å². The predicted octanol–water partition coefficient (Wildman–Crippen LogP) is 4.48. The third-order valence-electron chi connectivity index (χ3n) is 3.64. The van der Waals surface area contributed by atoms with Gasteiger partial charge in [0.05, 0.1) is 29.0 Å². The number of rotatable bonds is 4. The van der Waals surface area contributed by atoms with E-state index in [-0.39, 0.29) is 5.88 Å². The van der Waals surface area contributed by atoms with Gasteiger partial charge in [-0.05, 0) is 30.3 Å². The number of nitro groups is 1. The summed E-state index contributed by atoms with van der Waals surface area (Å²) < 4.78 is 5.05. The van der Waals surface area contributed by atoms with Crippen molar-refractivity contribution in [3.8, 4) is 11.4 Å². The molecule has 4 aromatic rings. The number of aromatic amines is 1. The van der Waals surface area contributed by atoms with Crippen LogP contribution in [0.15, 0.2) is 70.1 Å². The van der Waals surface area contributed by atoms with Crippen LogP contribution in [0.1, 0.15) is 5.76 Å². The van der Waals surface area contributed by atoms with E-state index in [0.717, 1.165) is 22.4 Å². The highest BCUT2D eigenvalue weighted by Crippen LogP contribution is 2.24. The maximum atomic E-state index is 10.6. The Hall–Kier alpha value is -3.74. The summed E-state index contributed by atoms with van der Waals surface area (Å²) in [6.45, 7) is 0. The maximum absolute atomic E-state index is 10.6. The molecule has 2 aromatic heterocycles. The van der Waals surface area contributed by atoms with Crippen LogP contribution < -0.4 is 0 Å². The van der Waals surface area contributed by atoms with Crippen LogP contribution in [0.5, 0.6) is 0 Å². The van der Waals surface area contributed by atoms with Crippen molar-refractivity contribution in [2.45, 2.75) is 0 Å². The van der Waals surface area contributed by atoms with Gasteiger partial charge >= 0.3 is 5.88 Å². The summed E-state index contributed by atoms with van der Waals surface area (Å²) in [4.78, 5) is 22.2.